The van der Waals surface area contributed by atoms with E-state index >= 15 is 0 Å². The van der Waals surface area contributed by atoms with E-state index in [4.69, 9.17) is 0 Å². The zero-order valence-electron chi connectivity index (χ0n) is 8.57. The van der Waals surface area contributed by atoms with Crippen LogP contribution < -0.4 is 5.46 Å². The fourth-order valence-corrected chi connectivity index (χ4v) is 1.42. The van der Waals surface area contributed by atoms with Crippen molar-refractivity contribution in [3.05, 3.63) is 42.2 Å². The van der Waals surface area contributed by atoms with Gasteiger partial charge in [-0.3, -0.25) is 0 Å². The largest absolute Gasteiger partial charge is 0.509 e. The summed E-state index contributed by atoms with van der Waals surface area (Å²) in [4.78, 5) is 0. The van der Waals surface area contributed by atoms with Crippen LogP contribution in [0.4, 0.5) is 12.9 Å². The molecule has 0 aliphatic heterocycles. The van der Waals surface area contributed by atoms with Crippen LogP contribution in [0.5, 0.6) is 0 Å². The van der Waals surface area contributed by atoms with Crippen molar-refractivity contribution in [2.75, 3.05) is 0 Å². The second-order valence-corrected chi connectivity index (χ2v) is 3.63. The SMILES string of the molecule is Cc1cnn(-c2cccc([B-](F)(F)F)c2)c1. The molecule has 0 aliphatic carbocycles. The van der Waals surface area contributed by atoms with E-state index in [1.54, 1.807) is 18.5 Å². The van der Waals surface area contributed by atoms with Gasteiger partial charge in [-0.15, -0.1) is 5.46 Å². The fourth-order valence-electron chi connectivity index (χ4n) is 1.42. The van der Waals surface area contributed by atoms with Crippen molar-refractivity contribution in [1.29, 1.82) is 0 Å². The van der Waals surface area contributed by atoms with Gasteiger partial charge in [0, 0.05) is 6.20 Å². The highest BCUT2D eigenvalue weighted by atomic mass is 19.4. The second kappa shape index (κ2) is 3.70. The zero-order valence-corrected chi connectivity index (χ0v) is 8.57. The maximum absolute atomic E-state index is 12.5. The first-order chi connectivity index (χ1) is 7.47. The van der Waals surface area contributed by atoms with Gasteiger partial charge >= 0.3 is 6.98 Å². The Labute approximate surface area is 90.8 Å². The molecule has 16 heavy (non-hydrogen) atoms. The summed E-state index contributed by atoms with van der Waals surface area (Å²) in [6, 6.07) is 5.15. The van der Waals surface area contributed by atoms with E-state index in [0.29, 0.717) is 5.69 Å². The minimum Gasteiger partial charge on any atom is -0.445 e. The summed E-state index contributed by atoms with van der Waals surface area (Å²) in [5.41, 5.74) is 0.721. The number of aromatic nitrogens is 2. The molecule has 84 valence electrons. The predicted molar refractivity (Wildman–Crippen MR) is 57.0 cm³/mol. The van der Waals surface area contributed by atoms with Crippen LogP contribution in [0.2, 0.25) is 0 Å². The number of hydrogen-bond donors (Lipinski definition) is 0. The van der Waals surface area contributed by atoms with Gasteiger partial charge in [0.25, 0.3) is 0 Å². The Bertz CT molecular complexity index is 505. The summed E-state index contributed by atoms with van der Waals surface area (Å²) >= 11 is 0. The highest BCUT2D eigenvalue weighted by Gasteiger charge is 2.25. The lowest BCUT2D eigenvalue weighted by molar-refractivity contribution is 0.501. The molecule has 6 heteroatoms. The Kier molecular flexibility index (Phi) is 2.49. The molecule has 1 aromatic carbocycles. The zero-order chi connectivity index (χ0) is 11.8. The molecule has 0 amide bonds. The van der Waals surface area contributed by atoms with Crippen molar-refractivity contribution < 1.29 is 12.9 Å². The van der Waals surface area contributed by atoms with E-state index in [-0.39, 0.29) is 0 Å². The molecule has 0 bridgehead atoms. The van der Waals surface area contributed by atoms with Crippen LogP contribution in [0.25, 0.3) is 5.69 Å². The van der Waals surface area contributed by atoms with Gasteiger partial charge in [-0.2, -0.15) is 5.10 Å². The summed E-state index contributed by atoms with van der Waals surface area (Å²) in [5.74, 6) is 0. The monoisotopic (exact) mass is 225 g/mol. The third kappa shape index (κ3) is 2.10. The Hall–Kier alpha value is -1.72. The molecule has 0 unspecified atom stereocenters. The molecule has 0 saturated carbocycles. The van der Waals surface area contributed by atoms with Gasteiger partial charge in [-0.1, -0.05) is 18.2 Å². The summed E-state index contributed by atoms with van der Waals surface area (Å²) in [6.45, 7) is -3.12. The van der Waals surface area contributed by atoms with Gasteiger partial charge in [0.05, 0.1) is 11.9 Å². The van der Waals surface area contributed by atoms with E-state index in [0.717, 1.165) is 17.7 Å². The molecule has 0 spiro atoms. The highest BCUT2D eigenvalue weighted by Crippen LogP contribution is 2.12. The number of benzene rings is 1. The van der Waals surface area contributed by atoms with Crippen LogP contribution >= 0.6 is 0 Å². The summed E-state index contributed by atoms with van der Waals surface area (Å²) < 4.78 is 39.0. The van der Waals surface area contributed by atoms with Crippen molar-refractivity contribution in [2.24, 2.45) is 0 Å². The average molecular weight is 225 g/mol. The minimum atomic E-state index is -4.96. The number of rotatable bonds is 2. The first-order valence-electron chi connectivity index (χ1n) is 4.78. The molecule has 0 radical (unpaired) electrons. The normalized spacial score (nSPS) is 11.8. The lowest BCUT2D eigenvalue weighted by Gasteiger charge is -2.15. The Balaban J connectivity index is 2.44. The topological polar surface area (TPSA) is 17.8 Å². The maximum atomic E-state index is 12.5. The van der Waals surface area contributed by atoms with E-state index < -0.39 is 12.4 Å². The van der Waals surface area contributed by atoms with E-state index in [2.05, 4.69) is 5.10 Å². The van der Waals surface area contributed by atoms with Crippen molar-refractivity contribution in [3.63, 3.8) is 0 Å². The van der Waals surface area contributed by atoms with Crippen LogP contribution in [0, 0.1) is 6.92 Å². The number of hydrogen-bond acceptors (Lipinski definition) is 1. The molecule has 1 heterocycles. The molecule has 0 fully saturated rings. The molecule has 0 N–H and O–H groups in total. The van der Waals surface area contributed by atoms with Gasteiger partial charge < -0.3 is 12.9 Å². The van der Waals surface area contributed by atoms with Crippen LogP contribution in [0.15, 0.2) is 36.7 Å². The van der Waals surface area contributed by atoms with Gasteiger partial charge in [0.15, 0.2) is 0 Å². The minimum absolute atomic E-state index is 0.421. The Morgan fingerprint density at radius 3 is 2.56 bits per heavy atom. The molecule has 1 aromatic heterocycles. The number of nitrogens with zero attached hydrogens (tertiary/aromatic N) is 2. The first kappa shape index (κ1) is 10.8. The fraction of sp³-hybridized carbons (Fsp3) is 0.100. The smallest absolute Gasteiger partial charge is 0.445 e. The van der Waals surface area contributed by atoms with E-state index in [1.807, 2.05) is 6.92 Å². The van der Waals surface area contributed by atoms with Crippen molar-refractivity contribution >= 4 is 12.4 Å². The molecule has 0 aliphatic rings. The van der Waals surface area contributed by atoms with E-state index in [9.17, 15) is 12.9 Å². The molecule has 0 saturated heterocycles. The second-order valence-electron chi connectivity index (χ2n) is 3.63. The van der Waals surface area contributed by atoms with Gasteiger partial charge in [-0.25, -0.2) is 4.68 Å². The summed E-state index contributed by atoms with van der Waals surface area (Å²) in [6.07, 6.45) is 3.29. The van der Waals surface area contributed by atoms with Crippen LogP contribution in [0.1, 0.15) is 5.56 Å². The molecular weight excluding hydrogens is 216 g/mol. The standard InChI is InChI=1S/C10H9BF3N2/c1-8-6-15-16(7-8)10-4-2-3-9(5-10)11(12,13)14/h2-7H,1H3/q-1. The molecule has 2 aromatic rings. The number of halogens is 3. The summed E-state index contributed by atoms with van der Waals surface area (Å²) in [7, 11) is 0. The molecule has 0 atom stereocenters. The van der Waals surface area contributed by atoms with E-state index in [1.165, 1.54) is 10.7 Å². The Morgan fingerprint density at radius 1 is 1.25 bits per heavy atom. The summed E-state index contributed by atoms with van der Waals surface area (Å²) in [5, 5.41) is 3.97. The third-order valence-corrected chi connectivity index (χ3v) is 2.22. The lowest BCUT2D eigenvalue weighted by atomic mass is 9.80. The predicted octanol–water partition coefficient (Wildman–Crippen LogP) is 2.24. The lowest BCUT2D eigenvalue weighted by Crippen LogP contribution is -2.34. The van der Waals surface area contributed by atoms with Gasteiger partial charge in [0.2, 0.25) is 0 Å². The van der Waals surface area contributed by atoms with Gasteiger partial charge in [-0.05, 0) is 18.6 Å². The third-order valence-electron chi connectivity index (χ3n) is 2.22. The van der Waals surface area contributed by atoms with Crippen LogP contribution in [0.3, 0.4) is 0 Å². The van der Waals surface area contributed by atoms with Crippen molar-refractivity contribution in [1.82, 2.24) is 9.78 Å². The van der Waals surface area contributed by atoms with Crippen LogP contribution in [-0.4, -0.2) is 16.8 Å². The highest BCUT2D eigenvalue weighted by molar-refractivity contribution is 6.73. The first-order valence-corrected chi connectivity index (χ1v) is 4.78. The maximum Gasteiger partial charge on any atom is 0.509 e. The van der Waals surface area contributed by atoms with Crippen LogP contribution in [-0.2, 0) is 0 Å². The van der Waals surface area contributed by atoms with Crippen molar-refractivity contribution in [2.45, 2.75) is 6.92 Å². The van der Waals surface area contributed by atoms with Gasteiger partial charge in [0.1, 0.15) is 0 Å². The Morgan fingerprint density at radius 2 is 2.00 bits per heavy atom. The average Bonchev–Trinajstić information content (AvgIpc) is 2.64. The number of aryl methyl sites for hydroxylation is 1. The van der Waals surface area contributed by atoms with Crippen molar-refractivity contribution in [3.8, 4) is 5.69 Å². The molecule has 2 rings (SSSR count). The quantitative estimate of drug-likeness (QED) is 0.716. The molecule has 2 nitrogen and oxygen atoms in total. The molecular formula is C10H9BF3N2-.